The Kier molecular flexibility index (Phi) is 4.80. The van der Waals surface area contributed by atoms with Crippen LogP contribution in [0.1, 0.15) is 24.9 Å². The van der Waals surface area contributed by atoms with Crippen molar-refractivity contribution in [2.75, 3.05) is 6.54 Å². The molecule has 0 aliphatic carbocycles. The predicted octanol–water partition coefficient (Wildman–Crippen LogP) is 4.05. The Hall–Kier alpha value is -0.550. The van der Waals surface area contributed by atoms with E-state index in [1.54, 1.807) is 0 Å². The van der Waals surface area contributed by atoms with E-state index >= 15 is 0 Å². The van der Waals surface area contributed by atoms with Crippen molar-refractivity contribution in [2.24, 2.45) is 0 Å². The average molecular weight is 296 g/mol. The molecule has 1 N–H and O–H groups in total. The van der Waals surface area contributed by atoms with E-state index in [1.165, 1.54) is 0 Å². The minimum atomic E-state index is -4.10. The zero-order valence-electron chi connectivity index (χ0n) is 8.81. The largest absolute Gasteiger partial charge is 0.390 e. The van der Waals surface area contributed by atoms with Gasteiger partial charge in [-0.2, -0.15) is 13.2 Å². The molecule has 0 saturated heterocycles. The van der Waals surface area contributed by atoms with Crippen molar-refractivity contribution in [1.29, 1.82) is 0 Å². The first kappa shape index (κ1) is 13.5. The number of halogens is 4. The third kappa shape index (κ3) is 4.53. The zero-order valence-corrected chi connectivity index (χ0v) is 10.4. The summed E-state index contributed by atoms with van der Waals surface area (Å²) in [7, 11) is 0. The molecule has 1 rings (SSSR count). The van der Waals surface area contributed by atoms with Crippen molar-refractivity contribution < 1.29 is 13.2 Å². The van der Waals surface area contributed by atoms with Crippen LogP contribution in [-0.2, 0) is 0 Å². The molecule has 0 aliphatic heterocycles. The van der Waals surface area contributed by atoms with E-state index in [1.807, 2.05) is 31.2 Å². The van der Waals surface area contributed by atoms with E-state index in [2.05, 4.69) is 21.2 Å². The Labute approximate surface area is 101 Å². The summed E-state index contributed by atoms with van der Waals surface area (Å²) in [5.74, 6) is 0. The minimum absolute atomic E-state index is 0.0635. The molecule has 1 aromatic rings. The van der Waals surface area contributed by atoms with Gasteiger partial charge in [-0.3, -0.25) is 0 Å². The lowest BCUT2D eigenvalue weighted by atomic mass is 10.1. The summed E-state index contributed by atoms with van der Waals surface area (Å²) in [5, 5.41) is 2.85. The van der Waals surface area contributed by atoms with Crippen molar-refractivity contribution >= 4 is 15.9 Å². The summed E-state index contributed by atoms with van der Waals surface area (Å²) < 4.78 is 36.7. The van der Waals surface area contributed by atoms with E-state index in [0.717, 1.165) is 10.0 Å². The molecule has 16 heavy (non-hydrogen) atoms. The molecule has 0 bridgehead atoms. The Morgan fingerprint density at radius 3 is 2.50 bits per heavy atom. The molecule has 1 atom stereocenters. The van der Waals surface area contributed by atoms with E-state index in [9.17, 15) is 13.2 Å². The van der Waals surface area contributed by atoms with Crippen molar-refractivity contribution in [1.82, 2.24) is 5.32 Å². The van der Waals surface area contributed by atoms with Gasteiger partial charge in [-0.05, 0) is 18.6 Å². The summed E-state index contributed by atoms with van der Waals surface area (Å²) in [6, 6.07) is 7.39. The van der Waals surface area contributed by atoms with Gasteiger partial charge in [0.1, 0.15) is 0 Å². The zero-order chi connectivity index (χ0) is 12.2. The first-order valence-electron chi connectivity index (χ1n) is 4.95. The molecule has 1 aromatic carbocycles. The number of benzene rings is 1. The first-order valence-corrected chi connectivity index (χ1v) is 5.74. The van der Waals surface area contributed by atoms with E-state index in [4.69, 9.17) is 0 Å². The molecule has 0 heterocycles. The quantitative estimate of drug-likeness (QED) is 0.883. The standard InChI is InChI=1S/C11H13BrF3N/c1-8(16-7-6-11(13,14)15)9-4-2-3-5-10(9)12/h2-5,8,16H,6-7H2,1H3/t8-/m0/s1. The number of alkyl halides is 3. The highest BCUT2D eigenvalue weighted by atomic mass is 79.9. The highest BCUT2D eigenvalue weighted by Gasteiger charge is 2.26. The van der Waals surface area contributed by atoms with E-state index in [-0.39, 0.29) is 12.6 Å². The lowest BCUT2D eigenvalue weighted by Gasteiger charge is -2.16. The van der Waals surface area contributed by atoms with Crippen molar-refractivity contribution in [3.05, 3.63) is 34.3 Å². The van der Waals surface area contributed by atoms with E-state index in [0.29, 0.717) is 0 Å². The second kappa shape index (κ2) is 5.68. The monoisotopic (exact) mass is 295 g/mol. The second-order valence-electron chi connectivity index (χ2n) is 3.56. The molecule has 0 aromatic heterocycles. The van der Waals surface area contributed by atoms with Crippen LogP contribution in [0.25, 0.3) is 0 Å². The van der Waals surface area contributed by atoms with Gasteiger partial charge in [0.05, 0.1) is 6.42 Å². The first-order chi connectivity index (χ1) is 7.40. The molecule has 0 fully saturated rings. The summed E-state index contributed by atoms with van der Waals surface area (Å²) in [5.41, 5.74) is 0.963. The smallest absolute Gasteiger partial charge is 0.310 e. The van der Waals surface area contributed by atoms with Gasteiger partial charge in [0.25, 0.3) is 0 Å². The van der Waals surface area contributed by atoms with Crippen LogP contribution in [0, 0.1) is 0 Å². The van der Waals surface area contributed by atoms with Gasteiger partial charge in [0.15, 0.2) is 0 Å². The lowest BCUT2D eigenvalue weighted by Crippen LogP contribution is -2.24. The molecule has 0 saturated carbocycles. The number of nitrogens with one attached hydrogen (secondary N) is 1. The Morgan fingerprint density at radius 2 is 1.94 bits per heavy atom. The third-order valence-corrected chi connectivity index (χ3v) is 2.95. The van der Waals surface area contributed by atoms with Gasteiger partial charge in [0.2, 0.25) is 0 Å². The van der Waals surface area contributed by atoms with Gasteiger partial charge < -0.3 is 5.32 Å². The number of hydrogen-bond donors (Lipinski definition) is 1. The van der Waals surface area contributed by atoms with Crippen LogP contribution >= 0.6 is 15.9 Å². The average Bonchev–Trinajstić information content (AvgIpc) is 2.16. The maximum Gasteiger partial charge on any atom is 0.390 e. The fourth-order valence-corrected chi connectivity index (χ4v) is 1.99. The van der Waals surface area contributed by atoms with Crippen LogP contribution in [0.5, 0.6) is 0 Å². The van der Waals surface area contributed by atoms with Crippen LogP contribution in [-0.4, -0.2) is 12.7 Å². The topological polar surface area (TPSA) is 12.0 Å². The Morgan fingerprint density at radius 1 is 1.31 bits per heavy atom. The summed E-state index contributed by atoms with van der Waals surface area (Å²) in [6.07, 6.45) is -4.90. The molecular weight excluding hydrogens is 283 g/mol. The van der Waals surface area contributed by atoms with Gasteiger partial charge in [-0.15, -0.1) is 0 Å². The highest BCUT2D eigenvalue weighted by molar-refractivity contribution is 9.10. The van der Waals surface area contributed by atoms with Crippen LogP contribution in [0.15, 0.2) is 28.7 Å². The molecule has 0 unspecified atom stereocenters. The maximum absolute atomic E-state index is 11.9. The van der Waals surface area contributed by atoms with Crippen LogP contribution in [0.2, 0.25) is 0 Å². The molecular formula is C11H13BrF3N. The number of rotatable bonds is 4. The molecule has 5 heteroatoms. The van der Waals surface area contributed by atoms with Crippen LogP contribution in [0.3, 0.4) is 0 Å². The SMILES string of the molecule is C[C@H](NCCC(F)(F)F)c1ccccc1Br. The molecule has 0 aliphatic rings. The molecule has 0 radical (unpaired) electrons. The van der Waals surface area contributed by atoms with Gasteiger partial charge in [-0.1, -0.05) is 34.1 Å². The van der Waals surface area contributed by atoms with Crippen molar-refractivity contribution in [2.45, 2.75) is 25.6 Å². The summed E-state index contributed by atoms with van der Waals surface area (Å²) in [4.78, 5) is 0. The molecule has 0 spiro atoms. The van der Waals surface area contributed by atoms with Crippen molar-refractivity contribution in [3.8, 4) is 0 Å². The van der Waals surface area contributed by atoms with Crippen molar-refractivity contribution in [3.63, 3.8) is 0 Å². The van der Waals surface area contributed by atoms with Gasteiger partial charge in [-0.25, -0.2) is 0 Å². The second-order valence-corrected chi connectivity index (χ2v) is 4.42. The fourth-order valence-electron chi connectivity index (χ4n) is 1.37. The maximum atomic E-state index is 11.9. The van der Waals surface area contributed by atoms with Gasteiger partial charge in [0, 0.05) is 17.1 Å². The summed E-state index contributed by atoms with van der Waals surface area (Å²) in [6.45, 7) is 1.78. The van der Waals surface area contributed by atoms with E-state index < -0.39 is 12.6 Å². The lowest BCUT2D eigenvalue weighted by molar-refractivity contribution is -0.133. The Balaban J connectivity index is 2.47. The van der Waals surface area contributed by atoms with Crippen LogP contribution < -0.4 is 5.32 Å². The number of hydrogen-bond acceptors (Lipinski definition) is 1. The third-order valence-electron chi connectivity index (χ3n) is 2.23. The van der Waals surface area contributed by atoms with Crippen LogP contribution in [0.4, 0.5) is 13.2 Å². The Bertz CT molecular complexity index is 338. The normalized spacial score (nSPS) is 13.8. The fraction of sp³-hybridized carbons (Fsp3) is 0.455. The van der Waals surface area contributed by atoms with Gasteiger partial charge >= 0.3 is 6.18 Å². The molecule has 1 nitrogen and oxygen atoms in total. The molecule has 0 amide bonds. The highest BCUT2D eigenvalue weighted by Crippen LogP contribution is 2.23. The molecule has 90 valence electrons. The predicted molar refractivity (Wildman–Crippen MR) is 61.2 cm³/mol. The summed E-state index contributed by atoms with van der Waals surface area (Å²) >= 11 is 3.37. The minimum Gasteiger partial charge on any atom is -0.310 e.